The molecule has 0 spiro atoms. The predicted octanol–water partition coefficient (Wildman–Crippen LogP) is 0.591. The normalized spacial score (nSPS) is 10.9. The second-order valence-corrected chi connectivity index (χ2v) is 5.48. The van der Waals surface area contributed by atoms with Crippen LogP contribution in [0.2, 0.25) is 0 Å². The molecule has 0 aromatic heterocycles. The highest BCUT2D eigenvalue weighted by Gasteiger charge is 2.21. The number of nitriles is 1. The van der Waals surface area contributed by atoms with Gasteiger partial charge in [0.25, 0.3) is 0 Å². The van der Waals surface area contributed by atoms with Gasteiger partial charge < -0.3 is 10.2 Å². The van der Waals surface area contributed by atoms with Gasteiger partial charge >= 0.3 is 5.97 Å². The third-order valence-electron chi connectivity index (χ3n) is 2.34. The maximum atomic E-state index is 11.9. The van der Waals surface area contributed by atoms with Crippen LogP contribution in [0.1, 0.15) is 22.3 Å². The standard InChI is InChI=1S/C11H12N2O5S/c1-7-5-9(14)8(11(15)16)6-10(7)19(17,18)13-4-2-3-12/h5-6,13-14H,2,4H2,1H3,(H,15,16). The molecule has 1 aromatic carbocycles. The molecule has 102 valence electrons. The quantitative estimate of drug-likeness (QED) is 0.679. The first-order valence-corrected chi connectivity index (χ1v) is 6.71. The van der Waals surface area contributed by atoms with Gasteiger partial charge in [0.15, 0.2) is 0 Å². The fourth-order valence-corrected chi connectivity index (χ4v) is 2.73. The van der Waals surface area contributed by atoms with Crippen LogP contribution in [-0.4, -0.2) is 31.1 Å². The molecule has 8 heteroatoms. The van der Waals surface area contributed by atoms with Crippen LogP contribution in [0.15, 0.2) is 17.0 Å². The molecule has 0 aliphatic rings. The summed E-state index contributed by atoms with van der Waals surface area (Å²) in [6.07, 6.45) is 0.00213. The Morgan fingerprint density at radius 3 is 2.63 bits per heavy atom. The number of phenols is 1. The van der Waals surface area contributed by atoms with E-state index in [2.05, 4.69) is 4.72 Å². The maximum Gasteiger partial charge on any atom is 0.339 e. The van der Waals surface area contributed by atoms with Crippen LogP contribution in [0.3, 0.4) is 0 Å². The topological polar surface area (TPSA) is 127 Å². The highest BCUT2D eigenvalue weighted by molar-refractivity contribution is 7.89. The minimum Gasteiger partial charge on any atom is -0.507 e. The number of hydrogen-bond donors (Lipinski definition) is 3. The van der Waals surface area contributed by atoms with Gasteiger partial charge in [-0.15, -0.1) is 0 Å². The summed E-state index contributed by atoms with van der Waals surface area (Å²) in [7, 11) is -3.91. The number of benzene rings is 1. The third kappa shape index (κ3) is 3.43. The first-order valence-electron chi connectivity index (χ1n) is 5.23. The summed E-state index contributed by atoms with van der Waals surface area (Å²) >= 11 is 0. The average molecular weight is 284 g/mol. The molecule has 19 heavy (non-hydrogen) atoms. The van der Waals surface area contributed by atoms with Crippen molar-refractivity contribution in [3.8, 4) is 11.8 Å². The Bertz CT molecular complexity index is 646. The number of aromatic hydroxyl groups is 1. The van der Waals surface area contributed by atoms with Gasteiger partial charge in [0.2, 0.25) is 10.0 Å². The molecule has 0 amide bonds. The zero-order valence-corrected chi connectivity index (χ0v) is 10.9. The number of carboxylic acids is 1. The second kappa shape index (κ2) is 5.69. The molecule has 0 saturated heterocycles. The lowest BCUT2D eigenvalue weighted by Gasteiger charge is -2.10. The van der Waals surface area contributed by atoms with Crippen LogP contribution in [0, 0.1) is 18.3 Å². The van der Waals surface area contributed by atoms with Gasteiger partial charge in [0.1, 0.15) is 11.3 Å². The number of rotatable bonds is 5. The molecule has 0 radical (unpaired) electrons. The van der Waals surface area contributed by atoms with Gasteiger partial charge in [0.05, 0.1) is 11.0 Å². The van der Waals surface area contributed by atoms with Crippen molar-refractivity contribution >= 4 is 16.0 Å². The molecule has 0 bridgehead atoms. The van der Waals surface area contributed by atoms with Crippen molar-refractivity contribution in [2.45, 2.75) is 18.2 Å². The Kier molecular flexibility index (Phi) is 4.47. The summed E-state index contributed by atoms with van der Waals surface area (Å²) in [4.78, 5) is 10.6. The van der Waals surface area contributed by atoms with Crippen molar-refractivity contribution in [2.75, 3.05) is 6.54 Å². The van der Waals surface area contributed by atoms with Gasteiger partial charge in [-0.25, -0.2) is 17.9 Å². The summed E-state index contributed by atoms with van der Waals surface area (Å²) in [6.45, 7) is 1.37. The molecule has 3 N–H and O–H groups in total. The van der Waals surface area contributed by atoms with Crippen LogP contribution >= 0.6 is 0 Å². The van der Waals surface area contributed by atoms with Crippen LogP contribution in [0.25, 0.3) is 0 Å². The molecule has 0 unspecified atom stereocenters. The van der Waals surface area contributed by atoms with E-state index < -0.39 is 27.3 Å². The Hall–Kier alpha value is -2.11. The Labute approximate surface area is 110 Å². The highest BCUT2D eigenvalue weighted by Crippen LogP contribution is 2.25. The number of carbonyl (C=O) groups is 1. The van der Waals surface area contributed by atoms with Crippen LogP contribution in [0.4, 0.5) is 0 Å². The lowest BCUT2D eigenvalue weighted by atomic mass is 10.1. The molecular weight excluding hydrogens is 272 g/mol. The molecule has 0 atom stereocenters. The molecule has 7 nitrogen and oxygen atoms in total. The minimum absolute atomic E-state index is 0.00213. The van der Waals surface area contributed by atoms with E-state index in [1.54, 1.807) is 6.07 Å². The monoisotopic (exact) mass is 284 g/mol. The van der Waals surface area contributed by atoms with E-state index in [-0.39, 0.29) is 23.4 Å². The Morgan fingerprint density at radius 1 is 1.47 bits per heavy atom. The van der Waals surface area contributed by atoms with E-state index in [0.717, 1.165) is 12.1 Å². The van der Waals surface area contributed by atoms with Crippen molar-refractivity contribution in [3.05, 3.63) is 23.3 Å². The molecule has 0 saturated carbocycles. The molecule has 0 heterocycles. The van der Waals surface area contributed by atoms with Crippen molar-refractivity contribution < 1.29 is 23.4 Å². The molecule has 0 fully saturated rings. The van der Waals surface area contributed by atoms with Crippen molar-refractivity contribution in [1.82, 2.24) is 4.72 Å². The van der Waals surface area contributed by atoms with E-state index in [0.29, 0.717) is 0 Å². The first kappa shape index (κ1) is 14.9. The highest BCUT2D eigenvalue weighted by atomic mass is 32.2. The number of nitrogens with one attached hydrogen (secondary N) is 1. The fourth-order valence-electron chi connectivity index (χ4n) is 1.45. The number of aromatic carboxylic acids is 1. The van der Waals surface area contributed by atoms with Gasteiger partial charge in [-0.05, 0) is 24.6 Å². The summed E-state index contributed by atoms with van der Waals surface area (Å²) in [5.41, 5.74) is -0.279. The summed E-state index contributed by atoms with van der Waals surface area (Å²) in [5, 5.41) is 26.6. The predicted molar refractivity (Wildman–Crippen MR) is 65.2 cm³/mol. The molecule has 1 aromatic rings. The Balaban J connectivity index is 3.24. The van der Waals surface area contributed by atoms with Gasteiger partial charge in [-0.2, -0.15) is 5.26 Å². The number of aryl methyl sites for hydroxylation is 1. The lowest BCUT2D eigenvalue weighted by molar-refractivity contribution is 0.0693. The molecular formula is C11H12N2O5S. The van der Waals surface area contributed by atoms with E-state index in [1.165, 1.54) is 6.92 Å². The first-order chi connectivity index (χ1) is 8.79. The van der Waals surface area contributed by atoms with Crippen molar-refractivity contribution in [3.63, 3.8) is 0 Å². The van der Waals surface area contributed by atoms with E-state index in [1.807, 2.05) is 0 Å². The number of sulfonamides is 1. The van der Waals surface area contributed by atoms with Crippen molar-refractivity contribution in [1.29, 1.82) is 5.26 Å². The van der Waals surface area contributed by atoms with Gasteiger partial charge in [-0.1, -0.05) is 0 Å². The van der Waals surface area contributed by atoms with E-state index in [9.17, 15) is 18.3 Å². The van der Waals surface area contributed by atoms with Crippen molar-refractivity contribution in [2.24, 2.45) is 0 Å². The maximum absolute atomic E-state index is 11.9. The zero-order valence-electron chi connectivity index (χ0n) is 10.0. The third-order valence-corrected chi connectivity index (χ3v) is 3.95. The average Bonchev–Trinajstić information content (AvgIpc) is 2.28. The largest absolute Gasteiger partial charge is 0.507 e. The molecule has 0 aliphatic heterocycles. The minimum atomic E-state index is -3.91. The number of carboxylic acid groups (broad SMARTS) is 1. The number of nitrogens with zero attached hydrogens (tertiary/aromatic N) is 1. The molecule has 0 aliphatic carbocycles. The van der Waals surface area contributed by atoms with E-state index in [4.69, 9.17) is 10.4 Å². The fraction of sp³-hybridized carbons (Fsp3) is 0.273. The van der Waals surface area contributed by atoms with Gasteiger partial charge in [0, 0.05) is 13.0 Å². The summed E-state index contributed by atoms with van der Waals surface area (Å²) in [5.74, 6) is -1.92. The second-order valence-electron chi connectivity index (χ2n) is 3.75. The number of hydrogen-bond acceptors (Lipinski definition) is 5. The van der Waals surface area contributed by atoms with Crippen LogP contribution in [-0.2, 0) is 10.0 Å². The van der Waals surface area contributed by atoms with Crippen LogP contribution < -0.4 is 4.72 Å². The van der Waals surface area contributed by atoms with E-state index >= 15 is 0 Å². The SMILES string of the molecule is Cc1cc(O)c(C(=O)O)cc1S(=O)(=O)NCCC#N. The van der Waals surface area contributed by atoms with Crippen LogP contribution in [0.5, 0.6) is 5.75 Å². The zero-order chi connectivity index (χ0) is 14.6. The summed E-state index contributed by atoms with van der Waals surface area (Å²) < 4.78 is 26.0. The Morgan fingerprint density at radius 2 is 2.11 bits per heavy atom. The van der Waals surface area contributed by atoms with Gasteiger partial charge in [-0.3, -0.25) is 0 Å². The smallest absolute Gasteiger partial charge is 0.339 e. The lowest BCUT2D eigenvalue weighted by Crippen LogP contribution is -2.25. The summed E-state index contributed by atoms with van der Waals surface area (Å²) in [6, 6.07) is 3.75. The molecule has 1 rings (SSSR count).